The summed E-state index contributed by atoms with van der Waals surface area (Å²) in [6, 6.07) is 3.97. The van der Waals surface area contributed by atoms with Crippen molar-refractivity contribution in [3.63, 3.8) is 0 Å². The van der Waals surface area contributed by atoms with Gasteiger partial charge in [-0.2, -0.15) is 13.2 Å². The Balaban J connectivity index is 2.31. The van der Waals surface area contributed by atoms with Crippen molar-refractivity contribution in [3.8, 4) is 0 Å². The summed E-state index contributed by atoms with van der Waals surface area (Å²) in [6.07, 6.45) is -1.05. The van der Waals surface area contributed by atoms with Crippen LogP contribution in [0.15, 0.2) is 18.2 Å². The van der Waals surface area contributed by atoms with Crippen molar-refractivity contribution < 1.29 is 18.0 Å². The Hall–Kier alpha value is -1.52. The molecule has 1 aliphatic carbocycles. The quantitative estimate of drug-likeness (QED) is 0.732. The Morgan fingerprint density at radius 3 is 2.55 bits per heavy atom. The highest BCUT2D eigenvalue weighted by Gasteiger charge is 2.34. The topological polar surface area (TPSA) is 20.3 Å². The molecule has 0 aliphatic heterocycles. The van der Waals surface area contributed by atoms with Crippen LogP contribution in [0.5, 0.6) is 0 Å². The van der Waals surface area contributed by atoms with E-state index in [2.05, 4.69) is 0 Å². The van der Waals surface area contributed by atoms with Crippen LogP contribution < -0.4 is 4.90 Å². The Kier molecular flexibility index (Phi) is 4.35. The molecule has 0 N–H and O–H groups in total. The Morgan fingerprint density at radius 1 is 1.35 bits per heavy atom. The first kappa shape index (κ1) is 14.9. The first-order valence-corrected chi connectivity index (χ1v) is 6.87. The molecule has 2 nitrogen and oxygen atoms in total. The predicted molar refractivity (Wildman–Crippen MR) is 72.1 cm³/mol. The van der Waals surface area contributed by atoms with Gasteiger partial charge in [0.25, 0.3) is 0 Å². The molecule has 2 rings (SSSR count). The van der Waals surface area contributed by atoms with Crippen molar-refractivity contribution in [1.29, 1.82) is 0 Å². The molecule has 0 spiro atoms. The van der Waals surface area contributed by atoms with Crippen LogP contribution in [0.4, 0.5) is 18.9 Å². The molecule has 0 heterocycles. The first-order chi connectivity index (χ1) is 9.45. The van der Waals surface area contributed by atoms with E-state index in [-0.39, 0.29) is 11.8 Å². The fourth-order valence-corrected chi connectivity index (χ4v) is 2.30. The molecule has 1 aromatic rings. The van der Waals surface area contributed by atoms with E-state index in [1.54, 1.807) is 6.07 Å². The second-order valence-electron chi connectivity index (χ2n) is 5.28. The van der Waals surface area contributed by atoms with Gasteiger partial charge in [0.2, 0.25) is 0 Å². The van der Waals surface area contributed by atoms with Gasteiger partial charge in [0.05, 0.1) is 5.56 Å². The highest BCUT2D eigenvalue weighted by Crippen LogP contribution is 2.36. The van der Waals surface area contributed by atoms with Crippen LogP contribution in [0.25, 0.3) is 0 Å². The van der Waals surface area contributed by atoms with Crippen LogP contribution in [0.1, 0.15) is 42.1 Å². The van der Waals surface area contributed by atoms with E-state index in [4.69, 9.17) is 0 Å². The van der Waals surface area contributed by atoms with Crippen molar-refractivity contribution in [2.45, 2.75) is 32.4 Å². The lowest BCUT2D eigenvalue weighted by atomic mass is 10.1. The molecule has 0 unspecified atom stereocenters. The monoisotopic (exact) mass is 285 g/mol. The maximum Gasteiger partial charge on any atom is 0.417 e. The predicted octanol–water partition coefficient (Wildman–Crippen LogP) is 4.14. The van der Waals surface area contributed by atoms with Gasteiger partial charge in [0.1, 0.15) is 0 Å². The molecular formula is C15H18F3NO. The Morgan fingerprint density at radius 2 is 2.05 bits per heavy atom. The van der Waals surface area contributed by atoms with Crippen molar-refractivity contribution in [2.75, 3.05) is 18.0 Å². The summed E-state index contributed by atoms with van der Waals surface area (Å²) < 4.78 is 38.9. The molecule has 5 heteroatoms. The van der Waals surface area contributed by atoms with E-state index in [1.807, 2.05) is 11.8 Å². The van der Waals surface area contributed by atoms with Gasteiger partial charge in [0, 0.05) is 24.3 Å². The molecule has 1 aromatic carbocycles. The van der Waals surface area contributed by atoms with Gasteiger partial charge in [-0.15, -0.1) is 0 Å². The Labute approximate surface area is 116 Å². The summed E-state index contributed by atoms with van der Waals surface area (Å²) in [4.78, 5) is 12.7. The molecule has 0 aromatic heterocycles. The molecule has 0 bridgehead atoms. The fraction of sp³-hybridized carbons (Fsp3) is 0.533. The van der Waals surface area contributed by atoms with Gasteiger partial charge < -0.3 is 4.90 Å². The lowest BCUT2D eigenvalue weighted by molar-refractivity contribution is -0.137. The minimum Gasteiger partial charge on any atom is -0.371 e. The third-order valence-electron chi connectivity index (χ3n) is 3.50. The maximum absolute atomic E-state index is 13.0. The summed E-state index contributed by atoms with van der Waals surface area (Å²) in [6.45, 7) is 3.53. The van der Waals surface area contributed by atoms with Crippen LogP contribution in [0.2, 0.25) is 0 Å². The van der Waals surface area contributed by atoms with Gasteiger partial charge in [-0.05, 0) is 43.4 Å². The number of hydrogen-bond donors (Lipinski definition) is 0. The van der Waals surface area contributed by atoms with Crippen LogP contribution in [-0.2, 0) is 6.18 Å². The van der Waals surface area contributed by atoms with E-state index < -0.39 is 11.7 Å². The van der Waals surface area contributed by atoms with Gasteiger partial charge >= 0.3 is 6.18 Å². The number of benzene rings is 1. The minimum atomic E-state index is -4.50. The fourth-order valence-electron chi connectivity index (χ4n) is 2.30. The van der Waals surface area contributed by atoms with Gasteiger partial charge in [0.15, 0.2) is 6.29 Å². The van der Waals surface area contributed by atoms with E-state index in [0.29, 0.717) is 11.6 Å². The zero-order chi connectivity index (χ0) is 14.8. The molecule has 0 radical (unpaired) electrons. The van der Waals surface area contributed by atoms with Crippen molar-refractivity contribution >= 4 is 12.0 Å². The molecule has 0 saturated heterocycles. The number of nitrogens with zero attached hydrogens (tertiary/aromatic N) is 1. The SMILES string of the molecule is CCCN(CC1CC1)c1ccc(C=O)c(C(F)(F)F)c1. The molecule has 20 heavy (non-hydrogen) atoms. The second-order valence-corrected chi connectivity index (χ2v) is 5.28. The van der Waals surface area contributed by atoms with Gasteiger partial charge in [-0.1, -0.05) is 6.92 Å². The van der Waals surface area contributed by atoms with Gasteiger partial charge in [-0.3, -0.25) is 4.79 Å². The number of carbonyl (C=O) groups excluding carboxylic acids is 1. The standard InChI is InChI=1S/C15H18F3NO/c1-2-7-19(9-11-3-4-11)13-6-5-12(10-20)14(8-13)15(16,17)18/h5-6,8,10-11H,2-4,7,9H2,1H3. The Bertz CT molecular complexity index is 480. The van der Waals surface area contributed by atoms with Crippen LogP contribution in [-0.4, -0.2) is 19.4 Å². The second kappa shape index (κ2) is 5.85. The normalized spacial score (nSPS) is 15.2. The number of carbonyl (C=O) groups is 1. The lowest BCUT2D eigenvalue weighted by Gasteiger charge is -2.25. The number of rotatable bonds is 6. The van der Waals surface area contributed by atoms with Crippen LogP contribution in [0.3, 0.4) is 0 Å². The van der Waals surface area contributed by atoms with Crippen LogP contribution >= 0.6 is 0 Å². The third-order valence-corrected chi connectivity index (χ3v) is 3.50. The van der Waals surface area contributed by atoms with E-state index in [0.717, 1.165) is 38.4 Å². The highest BCUT2D eigenvalue weighted by atomic mass is 19.4. The van der Waals surface area contributed by atoms with Crippen molar-refractivity contribution in [2.24, 2.45) is 5.92 Å². The number of halogens is 3. The van der Waals surface area contributed by atoms with E-state index >= 15 is 0 Å². The molecule has 1 aliphatic rings. The first-order valence-electron chi connectivity index (χ1n) is 6.87. The summed E-state index contributed by atoms with van der Waals surface area (Å²) in [5, 5.41) is 0. The molecule has 1 fully saturated rings. The van der Waals surface area contributed by atoms with Crippen LogP contribution in [0, 0.1) is 5.92 Å². The van der Waals surface area contributed by atoms with Crippen molar-refractivity contribution in [1.82, 2.24) is 0 Å². The molecule has 1 saturated carbocycles. The minimum absolute atomic E-state index is 0.262. The molecule has 0 amide bonds. The molecule has 110 valence electrons. The number of hydrogen-bond acceptors (Lipinski definition) is 2. The molecular weight excluding hydrogens is 267 g/mol. The number of alkyl halides is 3. The largest absolute Gasteiger partial charge is 0.417 e. The smallest absolute Gasteiger partial charge is 0.371 e. The zero-order valence-electron chi connectivity index (χ0n) is 11.4. The summed E-state index contributed by atoms with van der Waals surface area (Å²) in [5.74, 6) is 0.599. The maximum atomic E-state index is 13.0. The average Bonchev–Trinajstić information content (AvgIpc) is 3.20. The highest BCUT2D eigenvalue weighted by molar-refractivity contribution is 5.79. The summed E-state index contributed by atoms with van der Waals surface area (Å²) >= 11 is 0. The summed E-state index contributed by atoms with van der Waals surface area (Å²) in [7, 11) is 0. The molecule has 0 atom stereocenters. The van der Waals surface area contributed by atoms with Gasteiger partial charge in [-0.25, -0.2) is 0 Å². The zero-order valence-corrected chi connectivity index (χ0v) is 11.4. The number of anilines is 1. The average molecular weight is 285 g/mol. The number of aldehydes is 1. The third kappa shape index (κ3) is 3.52. The lowest BCUT2D eigenvalue weighted by Crippen LogP contribution is -2.27. The summed E-state index contributed by atoms with van der Waals surface area (Å²) in [5.41, 5.74) is -0.595. The van der Waals surface area contributed by atoms with E-state index in [9.17, 15) is 18.0 Å². The van der Waals surface area contributed by atoms with Crippen molar-refractivity contribution in [3.05, 3.63) is 29.3 Å². The van der Waals surface area contributed by atoms with E-state index in [1.165, 1.54) is 6.07 Å².